The Hall–Kier alpha value is -1.00. The molecule has 0 bridgehead atoms. The van der Waals surface area contributed by atoms with Crippen molar-refractivity contribution in [1.29, 1.82) is 0 Å². The molecule has 2 unspecified atom stereocenters. The maximum Gasteiger partial charge on any atom is 0.251 e. The second-order valence-electron chi connectivity index (χ2n) is 4.98. The normalized spacial score (nSPS) is 23.1. The molecular formula is C15H22N2OS. The molecule has 1 heterocycles. The maximum absolute atomic E-state index is 11.4. The summed E-state index contributed by atoms with van der Waals surface area (Å²) in [5.74, 6) is 1.26. The van der Waals surface area contributed by atoms with Crippen LogP contribution >= 0.6 is 11.8 Å². The van der Waals surface area contributed by atoms with Gasteiger partial charge in [0.05, 0.1) is 0 Å². The van der Waals surface area contributed by atoms with Gasteiger partial charge in [0, 0.05) is 30.4 Å². The molecule has 1 aliphatic heterocycles. The predicted octanol–water partition coefficient (Wildman–Crippen LogP) is 2.42. The van der Waals surface area contributed by atoms with Crippen molar-refractivity contribution in [2.45, 2.75) is 37.6 Å². The van der Waals surface area contributed by atoms with Crippen LogP contribution in [0, 0.1) is 0 Å². The van der Waals surface area contributed by atoms with Crippen LogP contribution < -0.4 is 10.6 Å². The predicted molar refractivity (Wildman–Crippen MR) is 81.6 cm³/mol. The molecule has 1 aromatic carbocycles. The minimum absolute atomic E-state index is 0.0307. The van der Waals surface area contributed by atoms with Crippen molar-refractivity contribution >= 4 is 17.7 Å². The number of thioether (sulfide) groups is 1. The first-order valence-electron chi connectivity index (χ1n) is 6.86. The summed E-state index contributed by atoms with van der Waals surface area (Å²) in [5.41, 5.74) is 1.95. The van der Waals surface area contributed by atoms with Crippen molar-refractivity contribution in [1.82, 2.24) is 10.6 Å². The van der Waals surface area contributed by atoms with E-state index in [1.165, 1.54) is 24.2 Å². The lowest BCUT2D eigenvalue weighted by atomic mass is 10.1. The molecule has 1 aliphatic rings. The first-order valence-corrected chi connectivity index (χ1v) is 7.91. The first kappa shape index (κ1) is 14.4. The Labute approximate surface area is 119 Å². The SMILES string of the molecule is CNC(=O)c1ccc(CNC2CCCSC2C)cc1. The highest BCUT2D eigenvalue weighted by molar-refractivity contribution is 7.99. The second-order valence-corrected chi connectivity index (χ2v) is 6.47. The number of rotatable bonds is 4. The van der Waals surface area contributed by atoms with Crippen LogP contribution in [-0.2, 0) is 6.54 Å². The maximum atomic E-state index is 11.4. The van der Waals surface area contributed by atoms with E-state index in [0.717, 1.165) is 6.54 Å². The molecule has 1 saturated heterocycles. The van der Waals surface area contributed by atoms with Gasteiger partial charge in [0.2, 0.25) is 0 Å². The monoisotopic (exact) mass is 278 g/mol. The smallest absolute Gasteiger partial charge is 0.251 e. The van der Waals surface area contributed by atoms with Crippen LogP contribution in [-0.4, -0.2) is 30.0 Å². The molecule has 0 aromatic heterocycles. The van der Waals surface area contributed by atoms with E-state index in [2.05, 4.69) is 29.3 Å². The highest BCUT2D eigenvalue weighted by Crippen LogP contribution is 2.25. The summed E-state index contributed by atoms with van der Waals surface area (Å²) in [6, 6.07) is 8.43. The standard InChI is InChI=1S/C15H22N2OS/c1-11-14(4-3-9-19-11)17-10-12-5-7-13(8-6-12)15(18)16-2/h5-8,11,14,17H,3-4,9-10H2,1-2H3,(H,16,18). The van der Waals surface area contributed by atoms with Crippen LogP contribution in [0.3, 0.4) is 0 Å². The van der Waals surface area contributed by atoms with Crippen molar-refractivity contribution in [3.05, 3.63) is 35.4 Å². The van der Waals surface area contributed by atoms with Gasteiger partial charge in [-0.15, -0.1) is 0 Å². The van der Waals surface area contributed by atoms with Crippen LogP contribution in [0.2, 0.25) is 0 Å². The summed E-state index contributed by atoms with van der Waals surface area (Å²) in [7, 11) is 1.65. The Balaban J connectivity index is 1.87. The summed E-state index contributed by atoms with van der Waals surface area (Å²) in [5, 5.41) is 6.96. The van der Waals surface area contributed by atoms with Gasteiger partial charge in [-0.05, 0) is 36.3 Å². The van der Waals surface area contributed by atoms with Crippen molar-refractivity contribution in [3.8, 4) is 0 Å². The molecule has 2 atom stereocenters. The fourth-order valence-electron chi connectivity index (χ4n) is 2.36. The number of hydrogen-bond donors (Lipinski definition) is 2. The Morgan fingerprint density at radius 3 is 2.74 bits per heavy atom. The Morgan fingerprint density at radius 1 is 1.37 bits per heavy atom. The van der Waals surface area contributed by atoms with Crippen molar-refractivity contribution in [3.63, 3.8) is 0 Å². The van der Waals surface area contributed by atoms with E-state index in [1.54, 1.807) is 7.05 Å². The minimum atomic E-state index is -0.0307. The Morgan fingerprint density at radius 2 is 2.11 bits per heavy atom. The molecule has 2 N–H and O–H groups in total. The Kier molecular flexibility index (Phi) is 5.28. The third-order valence-electron chi connectivity index (χ3n) is 3.62. The molecule has 1 aromatic rings. The van der Waals surface area contributed by atoms with Crippen molar-refractivity contribution < 1.29 is 4.79 Å². The summed E-state index contributed by atoms with van der Waals surface area (Å²) in [4.78, 5) is 11.4. The lowest BCUT2D eigenvalue weighted by Crippen LogP contribution is -2.38. The van der Waals surface area contributed by atoms with Gasteiger partial charge in [-0.3, -0.25) is 4.79 Å². The highest BCUT2D eigenvalue weighted by Gasteiger charge is 2.20. The van der Waals surface area contributed by atoms with Gasteiger partial charge < -0.3 is 10.6 Å². The molecule has 0 spiro atoms. The van der Waals surface area contributed by atoms with E-state index in [4.69, 9.17) is 0 Å². The second kappa shape index (κ2) is 6.96. The number of carbonyl (C=O) groups excluding carboxylic acids is 1. The molecule has 0 aliphatic carbocycles. The lowest BCUT2D eigenvalue weighted by Gasteiger charge is -2.29. The van der Waals surface area contributed by atoms with Gasteiger partial charge in [0.25, 0.3) is 5.91 Å². The first-order chi connectivity index (χ1) is 9.20. The number of benzene rings is 1. The zero-order valence-electron chi connectivity index (χ0n) is 11.6. The molecule has 3 nitrogen and oxygen atoms in total. The topological polar surface area (TPSA) is 41.1 Å². The number of nitrogens with one attached hydrogen (secondary N) is 2. The quantitative estimate of drug-likeness (QED) is 0.889. The van der Waals surface area contributed by atoms with E-state index in [9.17, 15) is 4.79 Å². The molecule has 2 rings (SSSR count). The third kappa shape index (κ3) is 3.98. The van der Waals surface area contributed by atoms with Gasteiger partial charge in [-0.1, -0.05) is 19.1 Å². The van der Waals surface area contributed by atoms with Gasteiger partial charge in [-0.25, -0.2) is 0 Å². The molecule has 0 radical (unpaired) electrons. The average Bonchev–Trinajstić information content (AvgIpc) is 2.46. The third-order valence-corrected chi connectivity index (χ3v) is 5.00. The van der Waals surface area contributed by atoms with Gasteiger partial charge in [0.1, 0.15) is 0 Å². The van der Waals surface area contributed by atoms with Crippen LogP contribution in [0.5, 0.6) is 0 Å². The molecule has 1 fully saturated rings. The molecule has 19 heavy (non-hydrogen) atoms. The Bertz CT molecular complexity index is 419. The summed E-state index contributed by atoms with van der Waals surface area (Å²) in [6.07, 6.45) is 2.58. The van der Waals surface area contributed by atoms with E-state index < -0.39 is 0 Å². The zero-order chi connectivity index (χ0) is 13.7. The van der Waals surface area contributed by atoms with E-state index in [1.807, 2.05) is 24.3 Å². The van der Waals surface area contributed by atoms with E-state index >= 15 is 0 Å². The van der Waals surface area contributed by atoms with Crippen LogP contribution in [0.25, 0.3) is 0 Å². The fourth-order valence-corrected chi connectivity index (χ4v) is 3.53. The largest absolute Gasteiger partial charge is 0.355 e. The number of amides is 1. The van der Waals surface area contributed by atoms with Crippen LogP contribution in [0.15, 0.2) is 24.3 Å². The van der Waals surface area contributed by atoms with Crippen molar-refractivity contribution in [2.24, 2.45) is 0 Å². The number of hydrogen-bond acceptors (Lipinski definition) is 3. The van der Waals surface area contributed by atoms with Crippen LogP contribution in [0.4, 0.5) is 0 Å². The number of carbonyl (C=O) groups is 1. The molecule has 1 amide bonds. The molecule has 0 saturated carbocycles. The summed E-state index contributed by atoms with van der Waals surface area (Å²) < 4.78 is 0. The van der Waals surface area contributed by atoms with Gasteiger partial charge in [-0.2, -0.15) is 11.8 Å². The van der Waals surface area contributed by atoms with Gasteiger partial charge in [0.15, 0.2) is 0 Å². The summed E-state index contributed by atoms with van der Waals surface area (Å²) >= 11 is 2.06. The minimum Gasteiger partial charge on any atom is -0.355 e. The van der Waals surface area contributed by atoms with Crippen molar-refractivity contribution in [2.75, 3.05) is 12.8 Å². The van der Waals surface area contributed by atoms with Crippen LogP contribution in [0.1, 0.15) is 35.7 Å². The fraction of sp³-hybridized carbons (Fsp3) is 0.533. The molecule has 104 valence electrons. The molecule has 4 heteroatoms. The summed E-state index contributed by atoms with van der Waals surface area (Å²) in [6.45, 7) is 3.18. The van der Waals surface area contributed by atoms with E-state index in [-0.39, 0.29) is 5.91 Å². The lowest BCUT2D eigenvalue weighted by molar-refractivity contribution is 0.0963. The molecular weight excluding hydrogens is 256 g/mol. The zero-order valence-corrected chi connectivity index (χ0v) is 12.4. The average molecular weight is 278 g/mol. The van der Waals surface area contributed by atoms with E-state index in [0.29, 0.717) is 16.9 Å². The highest BCUT2D eigenvalue weighted by atomic mass is 32.2. The van der Waals surface area contributed by atoms with Gasteiger partial charge >= 0.3 is 0 Å².